The van der Waals surface area contributed by atoms with Gasteiger partial charge < -0.3 is 18.8 Å². The number of fused-ring (bicyclic) bond motifs is 16. The number of aromatic nitrogens is 1. The minimum Gasteiger partial charge on any atom is -0.458 e. The van der Waals surface area contributed by atoms with Crippen LogP contribution in [0.1, 0.15) is 22.9 Å². The van der Waals surface area contributed by atoms with Gasteiger partial charge in [0.05, 0.1) is 22.6 Å². The monoisotopic (exact) mass is 823 g/mol. The first-order valence-electron chi connectivity index (χ1n) is 21.7. The van der Waals surface area contributed by atoms with Crippen molar-refractivity contribution in [2.24, 2.45) is 5.92 Å². The van der Waals surface area contributed by atoms with Crippen LogP contribution < -0.4 is 9.80 Å². The summed E-state index contributed by atoms with van der Waals surface area (Å²) in [5, 5.41) is 4.89. The van der Waals surface area contributed by atoms with E-state index in [9.17, 15) is 0 Å². The highest BCUT2D eigenvalue weighted by molar-refractivity contribution is 7.25. The molecule has 0 spiro atoms. The molecule has 11 aromatic rings. The molecule has 14 rings (SSSR count). The van der Waals surface area contributed by atoms with Crippen LogP contribution >= 0.6 is 11.3 Å². The van der Waals surface area contributed by atoms with Crippen molar-refractivity contribution in [1.82, 2.24) is 4.57 Å². The van der Waals surface area contributed by atoms with Crippen LogP contribution in [0.15, 0.2) is 205 Å². The fourth-order valence-electron chi connectivity index (χ4n) is 10.7. The first-order chi connectivity index (χ1) is 31.3. The Morgan fingerprint density at radius 3 is 1.95 bits per heavy atom. The maximum absolute atomic E-state index is 6.82. The summed E-state index contributed by atoms with van der Waals surface area (Å²) in [4.78, 5) is 5.02. The van der Waals surface area contributed by atoms with Gasteiger partial charge in [-0.3, -0.25) is 0 Å². The van der Waals surface area contributed by atoms with Gasteiger partial charge in [0.15, 0.2) is 0 Å². The Hall–Kier alpha value is -7.86. The largest absolute Gasteiger partial charge is 0.458 e. The average molecular weight is 824 g/mol. The van der Waals surface area contributed by atoms with Gasteiger partial charge in [0.25, 0.3) is 0 Å². The summed E-state index contributed by atoms with van der Waals surface area (Å²) in [5.41, 5.74) is 16.2. The number of hydrogen-bond donors (Lipinski definition) is 0. The molecule has 2 unspecified atom stereocenters. The molecule has 1 aliphatic carbocycles. The van der Waals surface area contributed by atoms with Crippen LogP contribution in [0, 0.1) is 5.92 Å². The summed E-state index contributed by atoms with van der Waals surface area (Å²) >= 11 is 1.86. The third-order valence-corrected chi connectivity index (χ3v) is 14.6. The Bertz CT molecular complexity index is 3740. The third kappa shape index (κ3) is 5.03. The Kier molecular flexibility index (Phi) is 7.36. The summed E-state index contributed by atoms with van der Waals surface area (Å²) in [7, 11) is 0. The first kappa shape index (κ1) is 34.8. The third-order valence-electron chi connectivity index (χ3n) is 13.4. The van der Waals surface area contributed by atoms with Crippen molar-refractivity contribution in [3.8, 4) is 28.1 Å². The van der Waals surface area contributed by atoms with Crippen molar-refractivity contribution in [2.45, 2.75) is 6.04 Å². The van der Waals surface area contributed by atoms with E-state index in [1.807, 2.05) is 11.3 Å². The van der Waals surface area contributed by atoms with Crippen LogP contribution in [0.25, 0.3) is 82.3 Å². The fourth-order valence-corrected chi connectivity index (χ4v) is 11.8. The van der Waals surface area contributed by atoms with Gasteiger partial charge in [-0.1, -0.05) is 133 Å². The van der Waals surface area contributed by atoms with Crippen LogP contribution in [0.2, 0.25) is 0 Å². The van der Waals surface area contributed by atoms with Gasteiger partial charge in [0, 0.05) is 81.9 Å². The molecule has 0 saturated heterocycles. The molecule has 0 radical (unpaired) electrons. The topological polar surface area (TPSA) is 24.6 Å². The van der Waals surface area contributed by atoms with Crippen molar-refractivity contribution in [1.29, 1.82) is 0 Å². The van der Waals surface area contributed by atoms with Crippen molar-refractivity contribution < 1.29 is 4.42 Å². The Morgan fingerprint density at radius 2 is 1.11 bits per heavy atom. The van der Waals surface area contributed by atoms with Gasteiger partial charge >= 0.3 is 0 Å². The number of furan rings is 1. The highest BCUT2D eigenvalue weighted by Crippen LogP contribution is 2.56. The van der Waals surface area contributed by atoms with Crippen LogP contribution in [0.3, 0.4) is 0 Å². The van der Waals surface area contributed by atoms with E-state index in [2.05, 4.69) is 227 Å². The molecule has 3 aromatic heterocycles. The van der Waals surface area contributed by atoms with E-state index in [0.717, 1.165) is 45.2 Å². The summed E-state index contributed by atoms with van der Waals surface area (Å²) in [6.07, 6.45) is 9.25. The maximum atomic E-state index is 6.82. The lowest BCUT2D eigenvalue weighted by atomic mass is 9.87. The predicted molar refractivity (Wildman–Crippen MR) is 264 cm³/mol. The molecule has 4 nitrogen and oxygen atoms in total. The molecule has 0 N–H and O–H groups in total. The second-order valence-electron chi connectivity index (χ2n) is 16.8. The molecule has 0 fully saturated rings. The van der Waals surface area contributed by atoms with Gasteiger partial charge in [-0.25, -0.2) is 0 Å². The molecule has 8 aromatic carbocycles. The lowest BCUT2D eigenvalue weighted by Crippen LogP contribution is -2.29. The molecule has 5 heteroatoms. The number of thiophene rings is 1. The van der Waals surface area contributed by atoms with Crippen LogP contribution in [-0.4, -0.2) is 4.57 Å². The van der Waals surface area contributed by atoms with Gasteiger partial charge in [-0.05, 0) is 84.4 Å². The number of benzene rings is 8. The predicted octanol–water partition coefficient (Wildman–Crippen LogP) is 16.4. The summed E-state index contributed by atoms with van der Waals surface area (Å²) < 4.78 is 11.8. The van der Waals surface area contributed by atoms with Crippen LogP contribution in [0.5, 0.6) is 0 Å². The first-order valence-corrected chi connectivity index (χ1v) is 22.5. The molecule has 3 aliphatic rings. The second kappa shape index (κ2) is 13.3. The number of nitrogens with zero attached hydrogens (tertiary/aromatic N) is 3. The zero-order valence-corrected chi connectivity index (χ0v) is 34.8. The maximum Gasteiger partial charge on any atom is 0.136 e. The quantitative estimate of drug-likeness (QED) is 0.177. The molecular formula is C58H37N3OS. The van der Waals surface area contributed by atoms with Crippen molar-refractivity contribution in [3.63, 3.8) is 0 Å². The molecule has 0 amide bonds. The van der Waals surface area contributed by atoms with Crippen molar-refractivity contribution >= 4 is 94.0 Å². The molecule has 296 valence electrons. The number of anilines is 5. The Morgan fingerprint density at radius 1 is 0.476 bits per heavy atom. The van der Waals surface area contributed by atoms with E-state index >= 15 is 0 Å². The second-order valence-corrected chi connectivity index (χ2v) is 17.9. The van der Waals surface area contributed by atoms with E-state index < -0.39 is 0 Å². The van der Waals surface area contributed by atoms with E-state index in [0.29, 0.717) is 0 Å². The van der Waals surface area contributed by atoms with Crippen molar-refractivity contribution in [3.05, 3.63) is 217 Å². The molecule has 2 aliphatic heterocycles. The normalized spacial score (nSPS) is 16.1. The number of hydrogen-bond acceptors (Lipinski definition) is 4. The van der Waals surface area contributed by atoms with Gasteiger partial charge in [-0.2, -0.15) is 0 Å². The van der Waals surface area contributed by atoms with Gasteiger partial charge in [0.2, 0.25) is 0 Å². The lowest BCUT2D eigenvalue weighted by molar-refractivity contribution is 0.454. The molecule has 2 atom stereocenters. The molecule has 63 heavy (non-hydrogen) atoms. The SMILES string of the molecule is C1=CC2C=Cc3c(oc4ccccc34)C2N(c2ccc3sc4ccc(N5c6ccccc6-c6c(n(-c7ccccc7)c7ccccc67)-c6ccccc65)cc4c3c2)c2ccccc21. The highest BCUT2D eigenvalue weighted by Gasteiger charge is 2.38. The minimum absolute atomic E-state index is 0.0599. The minimum atomic E-state index is -0.0599. The lowest BCUT2D eigenvalue weighted by Gasteiger charge is -2.37. The zero-order chi connectivity index (χ0) is 41.2. The standard InChI is InChI=1S/C58H37N3OS/c1-2-15-38(16-3-1)60-50-23-11-6-19-44(50)55-43-18-5-10-22-49(43)59(51-24-12-7-20-45(51)57(55)60)39-29-32-53-46(34-39)47-35-40(30-33-54(47)63-53)61-48-21-9-4-14-36(48)26-27-37-28-31-42-41-17-8-13-25-52(41)62-58(42)56(37)61/h1-35,37,56H. The Balaban J connectivity index is 0.978. The van der Waals surface area contributed by atoms with Gasteiger partial charge in [0.1, 0.15) is 17.4 Å². The van der Waals surface area contributed by atoms with E-state index in [1.165, 1.54) is 70.3 Å². The summed E-state index contributed by atoms with van der Waals surface area (Å²) in [5.74, 6) is 1.13. The van der Waals surface area contributed by atoms with Crippen LogP contribution in [-0.2, 0) is 0 Å². The average Bonchev–Trinajstić information content (AvgIpc) is 3.95. The Labute approximate surface area is 368 Å². The summed E-state index contributed by atoms with van der Waals surface area (Å²) in [6, 6.07) is 68.8. The molecule has 0 saturated carbocycles. The molecular weight excluding hydrogens is 787 g/mol. The van der Waals surface area contributed by atoms with E-state index in [4.69, 9.17) is 4.42 Å². The summed E-state index contributed by atoms with van der Waals surface area (Å²) in [6.45, 7) is 0. The zero-order valence-electron chi connectivity index (χ0n) is 34.0. The van der Waals surface area contributed by atoms with E-state index in [1.54, 1.807) is 0 Å². The number of para-hydroxylation sites is 6. The number of rotatable bonds is 3. The van der Waals surface area contributed by atoms with Crippen molar-refractivity contribution in [2.75, 3.05) is 9.80 Å². The van der Waals surface area contributed by atoms with Crippen LogP contribution in [0.4, 0.5) is 28.4 Å². The fraction of sp³-hybridized carbons (Fsp3) is 0.0345. The smallest absolute Gasteiger partial charge is 0.136 e. The highest BCUT2D eigenvalue weighted by atomic mass is 32.1. The van der Waals surface area contributed by atoms with E-state index in [-0.39, 0.29) is 12.0 Å². The molecule has 0 bridgehead atoms. The van der Waals surface area contributed by atoms with Gasteiger partial charge in [-0.15, -0.1) is 11.3 Å². The molecule has 5 heterocycles.